The van der Waals surface area contributed by atoms with Gasteiger partial charge in [0, 0.05) is 12.5 Å². The maximum Gasteiger partial charge on any atom is 0.328 e. The maximum atomic E-state index is 13.4. The third-order valence-electron chi connectivity index (χ3n) is 2.61. The van der Waals surface area contributed by atoms with Crippen molar-refractivity contribution in [2.75, 3.05) is 7.11 Å². The van der Waals surface area contributed by atoms with Gasteiger partial charge in [-0.25, -0.2) is 13.6 Å². The van der Waals surface area contributed by atoms with Crippen molar-refractivity contribution in [2.24, 2.45) is 0 Å². The van der Waals surface area contributed by atoms with Crippen LogP contribution in [0.4, 0.5) is 8.78 Å². The minimum absolute atomic E-state index is 0.0372. The fourth-order valence-corrected chi connectivity index (χ4v) is 1.96. The molecule has 7 heteroatoms. The molecule has 1 aromatic carbocycles. The molecule has 114 valence electrons. The molecule has 0 saturated heterocycles. The number of rotatable bonds is 6. The van der Waals surface area contributed by atoms with Crippen molar-refractivity contribution in [2.45, 2.75) is 18.9 Å². The second kappa shape index (κ2) is 7.87. The van der Waals surface area contributed by atoms with Crippen LogP contribution in [0.5, 0.6) is 0 Å². The van der Waals surface area contributed by atoms with Gasteiger partial charge < -0.3 is 10.1 Å². The lowest BCUT2D eigenvalue weighted by Gasteiger charge is -2.16. The normalized spacial score (nSPS) is 11.6. The fraction of sp³-hybridized carbons (Fsp3) is 0.286. The van der Waals surface area contributed by atoms with Crippen LogP contribution in [0, 0.1) is 11.6 Å². The third kappa shape index (κ3) is 5.63. The van der Waals surface area contributed by atoms with Crippen LogP contribution in [0.2, 0.25) is 0 Å². The fourth-order valence-electron chi connectivity index (χ4n) is 1.64. The Hall–Kier alpha value is -1.76. The molecule has 1 rings (SSSR count). The van der Waals surface area contributed by atoms with Gasteiger partial charge in [0.15, 0.2) is 0 Å². The van der Waals surface area contributed by atoms with Crippen LogP contribution >= 0.6 is 15.9 Å². The molecule has 0 fully saturated rings. The summed E-state index contributed by atoms with van der Waals surface area (Å²) in [5.74, 6) is -2.75. The number of carbonyl (C=O) groups is 2. The van der Waals surface area contributed by atoms with E-state index in [2.05, 4.69) is 32.6 Å². The van der Waals surface area contributed by atoms with Crippen LogP contribution < -0.4 is 5.32 Å². The van der Waals surface area contributed by atoms with Gasteiger partial charge in [-0.15, -0.1) is 0 Å². The quantitative estimate of drug-likeness (QED) is 0.791. The van der Waals surface area contributed by atoms with E-state index in [9.17, 15) is 18.4 Å². The average molecular weight is 362 g/mol. The van der Waals surface area contributed by atoms with Crippen LogP contribution in [0.25, 0.3) is 0 Å². The average Bonchev–Trinajstić information content (AvgIpc) is 2.39. The van der Waals surface area contributed by atoms with E-state index in [0.717, 1.165) is 6.07 Å². The summed E-state index contributed by atoms with van der Waals surface area (Å²) in [6, 6.07) is 2.02. The predicted molar refractivity (Wildman–Crippen MR) is 76.7 cm³/mol. The molecule has 0 unspecified atom stereocenters. The van der Waals surface area contributed by atoms with Crippen molar-refractivity contribution in [1.29, 1.82) is 0 Å². The highest BCUT2D eigenvalue weighted by Gasteiger charge is 2.22. The Kier molecular flexibility index (Phi) is 6.48. The van der Waals surface area contributed by atoms with E-state index in [1.54, 1.807) is 0 Å². The number of halogens is 3. The lowest BCUT2D eigenvalue weighted by molar-refractivity contribution is -0.144. The van der Waals surface area contributed by atoms with E-state index in [0.29, 0.717) is 10.5 Å². The first kappa shape index (κ1) is 17.3. The summed E-state index contributed by atoms with van der Waals surface area (Å²) in [5, 5.41) is 2.42. The molecule has 0 heterocycles. The summed E-state index contributed by atoms with van der Waals surface area (Å²) in [6.45, 7) is 3.58. The van der Waals surface area contributed by atoms with E-state index in [1.165, 1.54) is 13.2 Å². The molecule has 0 aliphatic carbocycles. The van der Waals surface area contributed by atoms with Gasteiger partial charge in [0.25, 0.3) is 0 Å². The molecule has 0 radical (unpaired) electrons. The Morgan fingerprint density at radius 3 is 2.62 bits per heavy atom. The molecule has 1 atom stereocenters. The zero-order valence-electron chi connectivity index (χ0n) is 11.3. The molecule has 0 spiro atoms. The minimum Gasteiger partial charge on any atom is -0.467 e. The number of amides is 1. The van der Waals surface area contributed by atoms with Gasteiger partial charge in [0.1, 0.15) is 17.7 Å². The van der Waals surface area contributed by atoms with Gasteiger partial charge in [-0.3, -0.25) is 4.79 Å². The first-order valence-electron chi connectivity index (χ1n) is 5.98. The summed E-state index contributed by atoms with van der Waals surface area (Å²) in [7, 11) is 1.19. The van der Waals surface area contributed by atoms with Crippen LogP contribution in [0.1, 0.15) is 12.0 Å². The van der Waals surface area contributed by atoms with Crippen LogP contribution in [0.3, 0.4) is 0 Å². The minimum atomic E-state index is -0.919. The largest absolute Gasteiger partial charge is 0.467 e. The van der Waals surface area contributed by atoms with E-state index in [1.807, 2.05) is 0 Å². The number of ether oxygens (including phenoxy) is 1. The Labute approximate surface area is 129 Å². The van der Waals surface area contributed by atoms with E-state index in [4.69, 9.17) is 0 Å². The van der Waals surface area contributed by atoms with Crippen LogP contribution in [-0.2, 0) is 20.7 Å². The number of hydrogen-bond donors (Lipinski definition) is 1. The highest BCUT2D eigenvalue weighted by atomic mass is 79.9. The molecular formula is C14H14BrF2NO3. The number of benzene rings is 1. The first-order valence-corrected chi connectivity index (χ1v) is 6.77. The summed E-state index contributed by atoms with van der Waals surface area (Å²) in [6.07, 6.45) is -0.168. The van der Waals surface area contributed by atoms with Gasteiger partial charge in [0.2, 0.25) is 5.91 Å². The molecule has 4 nitrogen and oxygen atoms in total. The zero-order valence-corrected chi connectivity index (χ0v) is 12.9. The molecule has 0 aromatic heterocycles. The van der Waals surface area contributed by atoms with E-state index >= 15 is 0 Å². The summed E-state index contributed by atoms with van der Waals surface area (Å²) >= 11 is 3.09. The Morgan fingerprint density at radius 2 is 2.10 bits per heavy atom. The van der Waals surface area contributed by atoms with Crippen molar-refractivity contribution in [3.8, 4) is 0 Å². The predicted octanol–water partition coefficient (Wildman–Crippen LogP) is 2.46. The maximum absolute atomic E-state index is 13.4. The van der Waals surface area contributed by atoms with Crippen LogP contribution in [0.15, 0.2) is 29.3 Å². The molecule has 0 aliphatic rings. The zero-order chi connectivity index (χ0) is 16.0. The van der Waals surface area contributed by atoms with Crippen molar-refractivity contribution >= 4 is 27.8 Å². The molecule has 1 amide bonds. The summed E-state index contributed by atoms with van der Waals surface area (Å²) in [5.41, 5.74) is 0.0372. The molecule has 1 aromatic rings. The van der Waals surface area contributed by atoms with Crippen molar-refractivity contribution < 1.29 is 23.1 Å². The SMILES string of the molecule is C=C(Br)C[C@H](NC(=O)Cc1ccc(F)cc1F)C(=O)OC. The highest BCUT2D eigenvalue weighted by Crippen LogP contribution is 2.13. The van der Waals surface area contributed by atoms with Crippen molar-refractivity contribution in [3.63, 3.8) is 0 Å². The van der Waals surface area contributed by atoms with Crippen LogP contribution in [-0.4, -0.2) is 25.0 Å². The second-order valence-electron chi connectivity index (χ2n) is 4.28. The highest BCUT2D eigenvalue weighted by molar-refractivity contribution is 9.11. The topological polar surface area (TPSA) is 55.4 Å². The second-order valence-corrected chi connectivity index (χ2v) is 5.40. The monoisotopic (exact) mass is 361 g/mol. The molecule has 1 N–H and O–H groups in total. The summed E-state index contributed by atoms with van der Waals surface area (Å²) < 4.78 is 31.3. The molecule has 21 heavy (non-hydrogen) atoms. The Bertz CT molecular complexity index is 563. The number of methoxy groups -OCH3 is 1. The van der Waals surface area contributed by atoms with E-state index in [-0.39, 0.29) is 18.4 Å². The molecule has 0 saturated carbocycles. The Balaban J connectivity index is 2.73. The van der Waals surface area contributed by atoms with Crippen molar-refractivity contribution in [1.82, 2.24) is 5.32 Å². The van der Waals surface area contributed by atoms with Crippen molar-refractivity contribution in [3.05, 3.63) is 46.5 Å². The number of hydrogen-bond acceptors (Lipinski definition) is 3. The number of esters is 1. The molecular weight excluding hydrogens is 348 g/mol. The van der Waals surface area contributed by atoms with E-state index < -0.39 is 29.6 Å². The summed E-state index contributed by atoms with van der Waals surface area (Å²) in [4.78, 5) is 23.4. The smallest absolute Gasteiger partial charge is 0.328 e. The molecule has 0 aliphatic heterocycles. The first-order chi connectivity index (χ1) is 9.83. The van der Waals surface area contributed by atoms with Gasteiger partial charge in [0.05, 0.1) is 13.5 Å². The van der Waals surface area contributed by atoms with Gasteiger partial charge in [-0.05, 0) is 16.1 Å². The van der Waals surface area contributed by atoms with Gasteiger partial charge >= 0.3 is 5.97 Å². The van der Waals surface area contributed by atoms with Gasteiger partial charge in [-0.2, -0.15) is 0 Å². The van der Waals surface area contributed by atoms with Gasteiger partial charge in [-0.1, -0.05) is 28.6 Å². The molecule has 0 bridgehead atoms. The number of carbonyl (C=O) groups excluding carboxylic acids is 2. The third-order valence-corrected chi connectivity index (χ3v) is 2.94. The lowest BCUT2D eigenvalue weighted by Crippen LogP contribution is -2.42. The lowest BCUT2D eigenvalue weighted by atomic mass is 10.1. The standard InChI is InChI=1S/C14H14BrF2NO3/c1-8(15)5-12(14(20)21-2)18-13(19)6-9-3-4-10(16)7-11(9)17/h3-4,7,12H,1,5-6H2,2H3,(H,18,19)/t12-/m0/s1. The Morgan fingerprint density at radius 1 is 1.43 bits per heavy atom. The number of nitrogens with one attached hydrogen (secondary N) is 1.